The Bertz CT molecular complexity index is 250. The third-order valence-electron chi connectivity index (χ3n) is 1.23. The number of nitrogen functional groups attached to an aromatic ring is 1. The lowest BCUT2D eigenvalue weighted by Gasteiger charge is -2.05. The molecule has 0 saturated heterocycles. The lowest BCUT2D eigenvalue weighted by molar-refractivity contribution is 0.413. The second-order valence-electron chi connectivity index (χ2n) is 1.90. The summed E-state index contributed by atoms with van der Waals surface area (Å²) in [5.74, 6) is 1.41. The van der Waals surface area contributed by atoms with Crippen LogP contribution in [0.1, 0.15) is 0 Å². The van der Waals surface area contributed by atoms with E-state index in [1.54, 1.807) is 14.2 Å². The highest BCUT2D eigenvalue weighted by atomic mass is 16.5. The maximum Gasteiger partial charge on any atom is 0.222 e. The van der Waals surface area contributed by atoms with E-state index < -0.39 is 0 Å². The summed E-state index contributed by atoms with van der Waals surface area (Å²) in [6, 6.07) is 0. The molecule has 60 valence electrons. The number of methoxy groups -OCH3 is 1. The lowest BCUT2D eigenvalue weighted by atomic mass is 10.5. The number of nitrogens with one attached hydrogen (secondary N) is 1. The van der Waals surface area contributed by atoms with Gasteiger partial charge in [0.15, 0.2) is 11.6 Å². The highest BCUT2D eigenvalue weighted by Crippen LogP contribution is 2.19. The average Bonchev–Trinajstić information content (AvgIpc) is 2.04. The van der Waals surface area contributed by atoms with Crippen molar-refractivity contribution in [2.24, 2.45) is 0 Å². The number of rotatable bonds is 2. The van der Waals surface area contributed by atoms with Crippen molar-refractivity contribution in [1.29, 1.82) is 0 Å². The Labute approximate surface area is 64.6 Å². The molecule has 0 amide bonds. The molecule has 0 unspecified atom stereocenters. The zero-order valence-electron chi connectivity index (χ0n) is 6.46. The summed E-state index contributed by atoms with van der Waals surface area (Å²) >= 11 is 0. The summed E-state index contributed by atoms with van der Waals surface area (Å²) < 4.78 is 4.95. The number of nitrogens with two attached hydrogens (primary N) is 1. The van der Waals surface area contributed by atoms with Crippen LogP contribution in [0.4, 0.5) is 11.8 Å². The minimum absolute atomic E-state index is 0.232. The van der Waals surface area contributed by atoms with Crippen molar-refractivity contribution in [3.8, 4) is 5.75 Å². The lowest BCUT2D eigenvalue weighted by Crippen LogP contribution is -2.01. The molecule has 3 N–H and O–H groups in total. The third-order valence-corrected chi connectivity index (χ3v) is 1.23. The number of hydrogen-bond donors (Lipinski definition) is 2. The van der Waals surface area contributed by atoms with Crippen LogP contribution in [0.2, 0.25) is 0 Å². The van der Waals surface area contributed by atoms with Gasteiger partial charge in [-0.15, -0.1) is 0 Å². The zero-order valence-corrected chi connectivity index (χ0v) is 6.46. The Morgan fingerprint density at radius 3 is 2.91 bits per heavy atom. The van der Waals surface area contributed by atoms with Gasteiger partial charge in [-0.05, 0) is 0 Å². The van der Waals surface area contributed by atoms with Gasteiger partial charge in [0.2, 0.25) is 5.95 Å². The second kappa shape index (κ2) is 3.05. The fourth-order valence-corrected chi connectivity index (χ4v) is 0.713. The SMILES string of the molecule is CNc1nc(N)ncc1OC. The summed E-state index contributed by atoms with van der Waals surface area (Å²) in [4.78, 5) is 7.65. The van der Waals surface area contributed by atoms with Crippen LogP contribution in [0.25, 0.3) is 0 Å². The van der Waals surface area contributed by atoms with Crippen molar-refractivity contribution in [3.63, 3.8) is 0 Å². The Morgan fingerprint density at radius 1 is 1.64 bits per heavy atom. The van der Waals surface area contributed by atoms with Crippen LogP contribution < -0.4 is 15.8 Å². The van der Waals surface area contributed by atoms with Crippen molar-refractivity contribution in [2.75, 3.05) is 25.2 Å². The maximum atomic E-state index is 5.34. The van der Waals surface area contributed by atoms with Gasteiger partial charge in [0.05, 0.1) is 13.3 Å². The van der Waals surface area contributed by atoms with Crippen LogP contribution in [0, 0.1) is 0 Å². The molecule has 0 aliphatic heterocycles. The van der Waals surface area contributed by atoms with Gasteiger partial charge in [-0.25, -0.2) is 4.98 Å². The van der Waals surface area contributed by atoms with Gasteiger partial charge < -0.3 is 15.8 Å². The Balaban J connectivity index is 3.06. The van der Waals surface area contributed by atoms with Gasteiger partial charge in [0.1, 0.15) is 0 Å². The molecule has 0 fully saturated rings. The molecule has 5 heteroatoms. The highest BCUT2D eigenvalue weighted by molar-refractivity contribution is 5.50. The number of anilines is 2. The molecule has 0 aromatic carbocycles. The second-order valence-corrected chi connectivity index (χ2v) is 1.90. The monoisotopic (exact) mass is 154 g/mol. The van der Waals surface area contributed by atoms with Crippen molar-refractivity contribution in [1.82, 2.24) is 9.97 Å². The van der Waals surface area contributed by atoms with Crippen molar-refractivity contribution >= 4 is 11.8 Å². The van der Waals surface area contributed by atoms with E-state index in [9.17, 15) is 0 Å². The Hall–Kier alpha value is -1.52. The predicted octanol–water partition coefficient (Wildman–Crippen LogP) is 0.109. The zero-order chi connectivity index (χ0) is 8.27. The van der Waals surface area contributed by atoms with Crippen LogP contribution in [-0.4, -0.2) is 24.1 Å². The van der Waals surface area contributed by atoms with Crippen LogP contribution in [-0.2, 0) is 0 Å². The summed E-state index contributed by atoms with van der Waals surface area (Å²) in [5, 5.41) is 2.83. The summed E-state index contributed by atoms with van der Waals surface area (Å²) in [6.45, 7) is 0. The molecule has 11 heavy (non-hydrogen) atoms. The summed E-state index contributed by atoms with van der Waals surface area (Å²) in [7, 11) is 3.29. The fourth-order valence-electron chi connectivity index (χ4n) is 0.713. The summed E-state index contributed by atoms with van der Waals surface area (Å²) in [6.07, 6.45) is 1.52. The first-order chi connectivity index (χ1) is 5.27. The van der Waals surface area contributed by atoms with Gasteiger partial charge in [-0.2, -0.15) is 4.98 Å². The van der Waals surface area contributed by atoms with Gasteiger partial charge in [0.25, 0.3) is 0 Å². The van der Waals surface area contributed by atoms with E-state index in [-0.39, 0.29) is 5.95 Å². The average molecular weight is 154 g/mol. The number of aromatic nitrogens is 2. The molecule has 0 spiro atoms. The first kappa shape index (κ1) is 7.59. The molecule has 0 saturated carbocycles. The van der Waals surface area contributed by atoms with Crippen molar-refractivity contribution < 1.29 is 4.74 Å². The molecule has 0 aliphatic rings. The molecule has 0 atom stereocenters. The van der Waals surface area contributed by atoms with E-state index in [1.807, 2.05) is 0 Å². The maximum absolute atomic E-state index is 5.34. The fraction of sp³-hybridized carbons (Fsp3) is 0.333. The number of nitrogens with zero attached hydrogens (tertiary/aromatic N) is 2. The van der Waals surface area contributed by atoms with Gasteiger partial charge in [-0.1, -0.05) is 0 Å². The first-order valence-corrected chi connectivity index (χ1v) is 3.12. The predicted molar refractivity (Wildman–Crippen MR) is 42.5 cm³/mol. The molecule has 0 aliphatic carbocycles. The van der Waals surface area contributed by atoms with Gasteiger partial charge >= 0.3 is 0 Å². The number of hydrogen-bond acceptors (Lipinski definition) is 5. The minimum atomic E-state index is 0.232. The number of ether oxygens (including phenoxy) is 1. The molecule has 5 nitrogen and oxygen atoms in total. The normalized spacial score (nSPS) is 9.27. The van der Waals surface area contributed by atoms with Gasteiger partial charge in [-0.3, -0.25) is 0 Å². The van der Waals surface area contributed by atoms with Crippen LogP contribution in [0.3, 0.4) is 0 Å². The topological polar surface area (TPSA) is 73.1 Å². The van der Waals surface area contributed by atoms with E-state index in [4.69, 9.17) is 10.5 Å². The van der Waals surface area contributed by atoms with Crippen LogP contribution in [0.15, 0.2) is 6.20 Å². The van der Waals surface area contributed by atoms with E-state index >= 15 is 0 Å². The Kier molecular flexibility index (Phi) is 2.10. The molecular weight excluding hydrogens is 144 g/mol. The highest BCUT2D eigenvalue weighted by Gasteiger charge is 2.02. The first-order valence-electron chi connectivity index (χ1n) is 3.12. The van der Waals surface area contributed by atoms with E-state index in [0.717, 1.165) is 0 Å². The smallest absolute Gasteiger partial charge is 0.222 e. The van der Waals surface area contributed by atoms with Crippen LogP contribution >= 0.6 is 0 Å². The standard InChI is InChI=1S/C6H10N4O/c1-8-5-4(11-2)3-9-6(7)10-5/h3H,1-2H3,(H3,7,8,9,10). The van der Waals surface area contributed by atoms with Crippen LogP contribution in [0.5, 0.6) is 5.75 Å². The third kappa shape index (κ3) is 1.49. The van der Waals surface area contributed by atoms with Crippen molar-refractivity contribution in [3.05, 3.63) is 6.20 Å². The van der Waals surface area contributed by atoms with Gasteiger partial charge in [0, 0.05) is 7.05 Å². The molecule has 1 aromatic rings. The van der Waals surface area contributed by atoms with E-state index in [2.05, 4.69) is 15.3 Å². The molecule has 0 bridgehead atoms. The molecular formula is C6H10N4O. The van der Waals surface area contributed by atoms with Crippen molar-refractivity contribution in [2.45, 2.75) is 0 Å². The molecule has 0 radical (unpaired) electrons. The quantitative estimate of drug-likeness (QED) is 0.632. The summed E-state index contributed by atoms with van der Waals surface area (Å²) in [5.41, 5.74) is 5.34. The molecule has 1 heterocycles. The van der Waals surface area contributed by atoms with E-state index in [1.165, 1.54) is 6.20 Å². The van der Waals surface area contributed by atoms with E-state index in [0.29, 0.717) is 11.6 Å². The minimum Gasteiger partial charge on any atom is -0.491 e. The largest absolute Gasteiger partial charge is 0.491 e. The molecule has 1 aromatic heterocycles. The molecule has 1 rings (SSSR count). The Morgan fingerprint density at radius 2 is 2.36 bits per heavy atom.